The lowest BCUT2D eigenvalue weighted by atomic mass is 10.2. The van der Waals surface area contributed by atoms with Crippen molar-refractivity contribution in [3.8, 4) is 0 Å². The Hall–Kier alpha value is -2.28. The predicted molar refractivity (Wildman–Crippen MR) is 115 cm³/mol. The van der Waals surface area contributed by atoms with Crippen molar-refractivity contribution in [2.45, 2.75) is 38.0 Å². The van der Waals surface area contributed by atoms with E-state index in [1.54, 1.807) is 0 Å². The topological polar surface area (TPSA) is 109 Å². The van der Waals surface area contributed by atoms with E-state index in [2.05, 4.69) is 20.3 Å². The number of carbonyl (C=O) groups is 2. The molecule has 1 heterocycles. The largest absolute Gasteiger partial charge is 0.366 e. The first-order chi connectivity index (χ1) is 15.1. The number of hydrogen-bond acceptors (Lipinski definition) is 6. The molecule has 1 unspecified atom stereocenters. The molecule has 12 heteroatoms. The Morgan fingerprint density at radius 2 is 1.81 bits per heavy atom. The summed E-state index contributed by atoms with van der Waals surface area (Å²) in [5.41, 5.74) is 2.92. The second kappa shape index (κ2) is 12.1. The first kappa shape index (κ1) is 26.0. The lowest BCUT2D eigenvalue weighted by Gasteiger charge is -2.23. The van der Waals surface area contributed by atoms with Gasteiger partial charge in [0.05, 0.1) is 11.6 Å². The van der Waals surface area contributed by atoms with Crippen LogP contribution in [0.25, 0.3) is 0 Å². The molecule has 1 aromatic rings. The van der Waals surface area contributed by atoms with Crippen LogP contribution in [-0.2, 0) is 16.1 Å². The summed E-state index contributed by atoms with van der Waals surface area (Å²) >= 11 is 0.866. The van der Waals surface area contributed by atoms with E-state index in [0.717, 1.165) is 44.2 Å². The highest BCUT2D eigenvalue weighted by atomic mass is 32.2. The van der Waals surface area contributed by atoms with Gasteiger partial charge in [-0.1, -0.05) is 12.8 Å². The molecule has 178 valence electrons. The summed E-state index contributed by atoms with van der Waals surface area (Å²) in [6, 6.07) is 0.533. The second-order valence-electron chi connectivity index (χ2n) is 7.55. The number of unbranched alkanes of at least 4 members (excludes halogenated alkanes) is 3. The summed E-state index contributed by atoms with van der Waals surface area (Å²) in [7, 11) is 4.04. The average molecular weight is 476 g/mol. The summed E-state index contributed by atoms with van der Waals surface area (Å²) in [5, 5.41) is 5.49. The van der Waals surface area contributed by atoms with Crippen LogP contribution in [0, 0.1) is 17.5 Å². The van der Waals surface area contributed by atoms with Gasteiger partial charge in [0.25, 0.3) is 5.91 Å². The van der Waals surface area contributed by atoms with E-state index in [0.29, 0.717) is 18.7 Å². The first-order valence-corrected chi connectivity index (χ1v) is 10.9. The van der Waals surface area contributed by atoms with E-state index < -0.39 is 47.3 Å². The summed E-state index contributed by atoms with van der Waals surface area (Å²) in [4.78, 5) is 26.1. The van der Waals surface area contributed by atoms with Crippen LogP contribution in [0.2, 0.25) is 0 Å². The molecule has 0 spiro atoms. The molecule has 8 nitrogen and oxygen atoms in total. The maximum Gasteiger partial charge on any atom is 0.319 e. The summed E-state index contributed by atoms with van der Waals surface area (Å²) in [6.07, 6.45) is 5.19. The molecule has 0 fully saturated rings. The number of hydrogen-bond donors (Lipinski definition) is 4. The molecule has 2 rings (SSSR count). The Bertz CT molecular complexity index is 833. The van der Waals surface area contributed by atoms with Gasteiger partial charge in [-0.2, -0.15) is 0 Å². The average Bonchev–Trinajstić information content (AvgIpc) is 3.10. The molecule has 0 aromatic heterocycles. The van der Waals surface area contributed by atoms with Crippen molar-refractivity contribution in [2.24, 2.45) is 5.73 Å². The monoisotopic (exact) mass is 475 g/mol. The fourth-order valence-electron chi connectivity index (χ4n) is 2.86. The maximum atomic E-state index is 13.8. The quantitative estimate of drug-likeness (QED) is 0.273. The van der Waals surface area contributed by atoms with Crippen molar-refractivity contribution in [3.63, 3.8) is 0 Å². The van der Waals surface area contributed by atoms with Gasteiger partial charge in [0, 0.05) is 30.3 Å². The van der Waals surface area contributed by atoms with Gasteiger partial charge in [0.15, 0.2) is 0 Å². The highest BCUT2D eigenvalue weighted by Crippen LogP contribution is 2.29. The van der Waals surface area contributed by atoms with E-state index in [-0.39, 0.29) is 5.03 Å². The van der Waals surface area contributed by atoms with Gasteiger partial charge < -0.3 is 26.0 Å². The summed E-state index contributed by atoms with van der Waals surface area (Å²) in [6.45, 7) is 0.814. The van der Waals surface area contributed by atoms with Gasteiger partial charge in [-0.3, -0.25) is 4.79 Å². The maximum absolute atomic E-state index is 13.8. The van der Waals surface area contributed by atoms with Crippen LogP contribution in [0.5, 0.6) is 0 Å². The minimum absolute atomic E-state index is 0.229. The van der Waals surface area contributed by atoms with Gasteiger partial charge in [-0.25, -0.2) is 22.7 Å². The molecule has 1 atom stereocenters. The van der Waals surface area contributed by atoms with Gasteiger partial charge >= 0.3 is 6.03 Å². The third kappa shape index (κ3) is 7.69. The molecule has 3 amide bonds. The minimum atomic E-state index is -1.91. The highest BCUT2D eigenvalue weighted by molar-refractivity contribution is 8.01. The van der Waals surface area contributed by atoms with Crippen molar-refractivity contribution in [3.05, 3.63) is 46.3 Å². The van der Waals surface area contributed by atoms with Crippen LogP contribution in [0.1, 0.15) is 31.2 Å². The molecule has 0 saturated carbocycles. The fourth-order valence-corrected chi connectivity index (χ4v) is 3.71. The van der Waals surface area contributed by atoms with E-state index in [1.807, 2.05) is 14.1 Å². The Labute approximate surface area is 189 Å². The number of rotatable bonds is 12. The molecular weight excluding hydrogens is 447 g/mol. The van der Waals surface area contributed by atoms with E-state index in [1.165, 1.54) is 6.08 Å². The van der Waals surface area contributed by atoms with Crippen LogP contribution in [0.4, 0.5) is 18.0 Å². The Kier molecular flexibility index (Phi) is 9.82. The van der Waals surface area contributed by atoms with Crippen molar-refractivity contribution < 1.29 is 27.5 Å². The van der Waals surface area contributed by atoms with Crippen molar-refractivity contribution in [1.29, 1.82) is 0 Å². The molecule has 0 saturated heterocycles. The number of urea groups is 1. The lowest BCUT2D eigenvalue weighted by molar-refractivity contribution is -0.140. The fraction of sp³-hybridized carbons (Fsp3) is 0.500. The van der Waals surface area contributed by atoms with Crippen molar-refractivity contribution in [1.82, 2.24) is 20.3 Å². The summed E-state index contributed by atoms with van der Waals surface area (Å²) in [5.74, 6) is -4.37. The van der Waals surface area contributed by atoms with E-state index >= 15 is 0 Å². The molecule has 0 radical (unpaired) electrons. The van der Waals surface area contributed by atoms with Gasteiger partial charge in [0.1, 0.15) is 17.5 Å². The molecule has 5 N–H and O–H groups in total. The number of halogens is 3. The molecule has 0 bridgehead atoms. The number of primary amides is 1. The van der Waals surface area contributed by atoms with Crippen LogP contribution < -0.4 is 21.1 Å². The lowest BCUT2D eigenvalue weighted by Crippen LogP contribution is -2.51. The first-order valence-electron chi connectivity index (χ1n) is 10.1. The van der Waals surface area contributed by atoms with Crippen molar-refractivity contribution in [2.75, 3.05) is 27.2 Å². The van der Waals surface area contributed by atoms with E-state index in [9.17, 15) is 22.8 Å². The van der Waals surface area contributed by atoms with Crippen LogP contribution in [-0.4, -0.2) is 49.7 Å². The normalized spacial score (nSPS) is 18.0. The Morgan fingerprint density at radius 3 is 2.44 bits per heavy atom. The third-order valence-electron chi connectivity index (χ3n) is 4.62. The zero-order chi connectivity index (χ0) is 23.7. The number of amides is 3. The molecule has 0 aliphatic carbocycles. The molecule has 1 aliphatic heterocycles. The number of carbonyl (C=O) groups excluding carboxylic acids is 2. The molecule has 1 aliphatic rings. The van der Waals surface area contributed by atoms with Gasteiger partial charge in [-0.05, 0) is 45.4 Å². The SMILES string of the molecule is CN(C)CCCCCCNC(=O)NC1=CC(OCc2c(F)cc(F)cc2F)(C(N)=O)NS1. The molecule has 1 aromatic carbocycles. The zero-order valence-corrected chi connectivity index (χ0v) is 18.8. The number of ether oxygens (including phenoxy) is 1. The standard InChI is InChI=1S/C20H28F3N5O3S/c1-28(2)8-6-4-3-5-7-25-19(30)26-17-11-20(18(24)29,27-32-17)31-12-14-15(22)9-13(21)10-16(14)23/h9-11,27H,3-8,12H2,1-2H3,(H2,24,29)(H2,25,26,30). The van der Waals surface area contributed by atoms with Gasteiger partial charge in [0.2, 0.25) is 5.72 Å². The van der Waals surface area contributed by atoms with Crippen LogP contribution >= 0.6 is 11.9 Å². The minimum Gasteiger partial charge on any atom is -0.366 e. The second-order valence-corrected chi connectivity index (χ2v) is 8.40. The number of nitrogens with one attached hydrogen (secondary N) is 3. The smallest absolute Gasteiger partial charge is 0.319 e. The number of nitrogens with zero attached hydrogens (tertiary/aromatic N) is 1. The van der Waals surface area contributed by atoms with Gasteiger partial charge in [-0.15, -0.1) is 0 Å². The highest BCUT2D eigenvalue weighted by Gasteiger charge is 2.41. The molecule has 32 heavy (non-hydrogen) atoms. The number of nitrogens with two attached hydrogens (primary N) is 1. The van der Waals surface area contributed by atoms with Crippen molar-refractivity contribution >= 4 is 23.9 Å². The predicted octanol–water partition coefficient (Wildman–Crippen LogP) is 2.32. The Balaban J connectivity index is 1.85. The van der Waals surface area contributed by atoms with Crippen LogP contribution in [0.15, 0.2) is 23.2 Å². The Morgan fingerprint density at radius 1 is 1.16 bits per heavy atom. The zero-order valence-electron chi connectivity index (χ0n) is 18.0. The summed E-state index contributed by atoms with van der Waals surface area (Å²) < 4.78 is 48.7. The van der Waals surface area contributed by atoms with E-state index in [4.69, 9.17) is 10.5 Å². The third-order valence-corrected chi connectivity index (χ3v) is 5.46. The van der Waals surface area contributed by atoms with Crippen LogP contribution in [0.3, 0.4) is 0 Å². The number of benzene rings is 1. The molecular formula is C20H28F3N5O3S.